The fourth-order valence-corrected chi connectivity index (χ4v) is 2.05. The summed E-state index contributed by atoms with van der Waals surface area (Å²) >= 11 is 0. The molecule has 15 heavy (non-hydrogen) atoms. The van der Waals surface area contributed by atoms with E-state index < -0.39 is 0 Å². The van der Waals surface area contributed by atoms with E-state index in [4.69, 9.17) is 4.42 Å². The van der Waals surface area contributed by atoms with Crippen molar-refractivity contribution in [2.45, 2.75) is 33.1 Å². The van der Waals surface area contributed by atoms with Gasteiger partial charge in [-0.2, -0.15) is 0 Å². The molecule has 1 heterocycles. The second-order valence-electron chi connectivity index (χ2n) is 4.18. The van der Waals surface area contributed by atoms with Crippen molar-refractivity contribution in [2.75, 3.05) is 0 Å². The topological polar surface area (TPSA) is 13.1 Å². The van der Waals surface area contributed by atoms with Crippen LogP contribution in [0.4, 0.5) is 0 Å². The second-order valence-corrected chi connectivity index (χ2v) is 4.18. The van der Waals surface area contributed by atoms with Crippen LogP contribution < -0.4 is 0 Å². The number of hydrogen-bond acceptors (Lipinski definition) is 1. The second kappa shape index (κ2) is 4.52. The third kappa shape index (κ3) is 2.23. The molecule has 0 aliphatic heterocycles. The van der Waals surface area contributed by atoms with Crippen molar-refractivity contribution in [3.05, 3.63) is 36.1 Å². The Hall–Kier alpha value is -1.24. The number of fused-ring (bicyclic) bond motifs is 1. The van der Waals surface area contributed by atoms with Gasteiger partial charge in [0.15, 0.2) is 0 Å². The highest BCUT2D eigenvalue weighted by atomic mass is 16.3. The van der Waals surface area contributed by atoms with Crippen LogP contribution in [0.2, 0.25) is 0 Å². The van der Waals surface area contributed by atoms with E-state index in [1.807, 2.05) is 6.07 Å². The first kappa shape index (κ1) is 10.3. The number of benzene rings is 1. The smallest absolute Gasteiger partial charge is 0.133 e. The Balaban J connectivity index is 2.20. The number of rotatable bonds is 4. The van der Waals surface area contributed by atoms with Crippen LogP contribution in [0, 0.1) is 5.92 Å². The van der Waals surface area contributed by atoms with Gasteiger partial charge in [-0.25, -0.2) is 0 Å². The molecule has 80 valence electrons. The molecule has 1 nitrogen and oxygen atoms in total. The molecule has 0 atom stereocenters. The molecule has 2 rings (SSSR count). The average Bonchev–Trinajstić information content (AvgIpc) is 2.73. The van der Waals surface area contributed by atoms with Crippen LogP contribution in [0.5, 0.6) is 0 Å². The molecule has 0 aliphatic carbocycles. The maximum Gasteiger partial charge on any atom is 0.133 e. The van der Waals surface area contributed by atoms with Crippen molar-refractivity contribution in [3.8, 4) is 0 Å². The Bertz CT molecular complexity index is 424. The van der Waals surface area contributed by atoms with Crippen LogP contribution in [0.1, 0.15) is 32.3 Å². The van der Waals surface area contributed by atoms with E-state index in [9.17, 15) is 0 Å². The monoisotopic (exact) mass is 202 g/mol. The minimum atomic E-state index is 0.814. The van der Waals surface area contributed by atoms with Gasteiger partial charge in [0.25, 0.3) is 0 Å². The molecule has 0 radical (unpaired) electrons. The van der Waals surface area contributed by atoms with Gasteiger partial charge in [0, 0.05) is 5.39 Å². The highest BCUT2D eigenvalue weighted by Gasteiger charge is 2.06. The van der Waals surface area contributed by atoms with Crippen molar-refractivity contribution in [3.63, 3.8) is 0 Å². The Morgan fingerprint density at radius 1 is 1.13 bits per heavy atom. The summed E-state index contributed by atoms with van der Waals surface area (Å²) in [5, 5.41) is 1.22. The summed E-state index contributed by atoms with van der Waals surface area (Å²) in [7, 11) is 0. The Morgan fingerprint density at radius 3 is 2.67 bits per heavy atom. The van der Waals surface area contributed by atoms with Crippen LogP contribution in [0.3, 0.4) is 0 Å². The maximum atomic E-state index is 5.33. The third-order valence-corrected chi connectivity index (χ3v) is 3.20. The minimum absolute atomic E-state index is 0.814. The summed E-state index contributed by atoms with van der Waals surface area (Å²) < 4.78 is 5.33. The Kier molecular flexibility index (Phi) is 3.10. The molecule has 1 aromatic carbocycles. The summed E-state index contributed by atoms with van der Waals surface area (Å²) in [6.07, 6.45) is 5.47. The van der Waals surface area contributed by atoms with Gasteiger partial charge in [-0.15, -0.1) is 0 Å². The van der Waals surface area contributed by atoms with Crippen molar-refractivity contribution in [1.29, 1.82) is 0 Å². The molecule has 0 saturated heterocycles. The highest BCUT2D eigenvalue weighted by Crippen LogP contribution is 2.21. The molecule has 0 saturated carbocycles. The van der Waals surface area contributed by atoms with E-state index >= 15 is 0 Å². The van der Waals surface area contributed by atoms with Crippen molar-refractivity contribution in [1.82, 2.24) is 0 Å². The lowest BCUT2D eigenvalue weighted by Gasteiger charge is -2.11. The molecule has 0 amide bonds. The molecular formula is C14H18O. The lowest BCUT2D eigenvalue weighted by molar-refractivity contribution is 0.490. The first-order chi connectivity index (χ1) is 7.33. The first-order valence-corrected chi connectivity index (χ1v) is 5.79. The van der Waals surface area contributed by atoms with E-state index in [1.54, 1.807) is 6.26 Å². The average molecular weight is 202 g/mol. The molecule has 2 aromatic rings. The number of hydrogen-bond donors (Lipinski definition) is 0. The summed E-state index contributed by atoms with van der Waals surface area (Å²) in [5.41, 5.74) is 2.42. The largest absolute Gasteiger partial charge is 0.464 e. The van der Waals surface area contributed by atoms with Crippen molar-refractivity contribution < 1.29 is 4.42 Å². The Labute approximate surface area is 91.1 Å². The van der Waals surface area contributed by atoms with Crippen LogP contribution >= 0.6 is 0 Å². The SMILES string of the molecule is CCC(CC)Cc1ccc2occc2c1. The van der Waals surface area contributed by atoms with Crippen LogP contribution in [0.25, 0.3) is 11.0 Å². The van der Waals surface area contributed by atoms with E-state index in [-0.39, 0.29) is 0 Å². The van der Waals surface area contributed by atoms with Crippen LogP contribution in [-0.4, -0.2) is 0 Å². The molecule has 0 unspecified atom stereocenters. The summed E-state index contributed by atoms with van der Waals surface area (Å²) in [6, 6.07) is 8.54. The molecule has 0 spiro atoms. The molecule has 0 N–H and O–H groups in total. The summed E-state index contributed by atoms with van der Waals surface area (Å²) in [5.74, 6) is 0.814. The highest BCUT2D eigenvalue weighted by molar-refractivity contribution is 5.77. The van der Waals surface area contributed by atoms with Gasteiger partial charge in [0.1, 0.15) is 5.58 Å². The van der Waals surface area contributed by atoms with Crippen molar-refractivity contribution in [2.24, 2.45) is 5.92 Å². The van der Waals surface area contributed by atoms with E-state index in [0.29, 0.717) is 0 Å². The normalized spacial score (nSPS) is 11.4. The van der Waals surface area contributed by atoms with Crippen molar-refractivity contribution >= 4 is 11.0 Å². The molecule has 1 aromatic heterocycles. The van der Waals surface area contributed by atoms with Gasteiger partial charge in [-0.05, 0) is 36.1 Å². The van der Waals surface area contributed by atoms with E-state index in [1.165, 1.54) is 30.2 Å². The fourth-order valence-electron chi connectivity index (χ4n) is 2.05. The quantitative estimate of drug-likeness (QED) is 0.715. The summed E-state index contributed by atoms with van der Waals surface area (Å²) in [4.78, 5) is 0. The lowest BCUT2D eigenvalue weighted by atomic mass is 9.94. The molecule has 0 fully saturated rings. The molecule has 1 heteroatoms. The zero-order chi connectivity index (χ0) is 10.7. The molecule has 0 aliphatic rings. The first-order valence-electron chi connectivity index (χ1n) is 5.79. The number of furan rings is 1. The zero-order valence-electron chi connectivity index (χ0n) is 9.49. The minimum Gasteiger partial charge on any atom is -0.464 e. The summed E-state index contributed by atoms with van der Waals surface area (Å²) in [6.45, 7) is 4.54. The predicted molar refractivity (Wildman–Crippen MR) is 64.0 cm³/mol. The standard InChI is InChI=1S/C14H18O/c1-3-11(4-2)9-12-5-6-14-13(10-12)7-8-15-14/h5-8,10-11H,3-4,9H2,1-2H3. The fraction of sp³-hybridized carbons (Fsp3) is 0.429. The van der Waals surface area contributed by atoms with Gasteiger partial charge in [-0.3, -0.25) is 0 Å². The molecular weight excluding hydrogens is 184 g/mol. The van der Waals surface area contributed by atoms with Crippen LogP contribution in [0.15, 0.2) is 34.9 Å². The van der Waals surface area contributed by atoms with E-state index in [2.05, 4.69) is 32.0 Å². The molecule has 0 bridgehead atoms. The Morgan fingerprint density at radius 2 is 1.93 bits per heavy atom. The van der Waals surface area contributed by atoms with Gasteiger partial charge in [-0.1, -0.05) is 32.8 Å². The van der Waals surface area contributed by atoms with Gasteiger partial charge >= 0.3 is 0 Å². The maximum absolute atomic E-state index is 5.33. The van der Waals surface area contributed by atoms with Gasteiger partial charge in [0.05, 0.1) is 6.26 Å². The van der Waals surface area contributed by atoms with Gasteiger partial charge < -0.3 is 4.42 Å². The van der Waals surface area contributed by atoms with E-state index in [0.717, 1.165) is 11.5 Å². The van der Waals surface area contributed by atoms with Gasteiger partial charge in [0.2, 0.25) is 0 Å². The lowest BCUT2D eigenvalue weighted by Crippen LogP contribution is -2.01. The van der Waals surface area contributed by atoms with Crippen LogP contribution in [-0.2, 0) is 6.42 Å². The zero-order valence-corrected chi connectivity index (χ0v) is 9.49. The third-order valence-electron chi connectivity index (χ3n) is 3.20. The predicted octanol–water partition coefficient (Wildman–Crippen LogP) is 4.41.